The van der Waals surface area contributed by atoms with Crippen molar-refractivity contribution in [3.8, 4) is 0 Å². The Hall–Kier alpha value is -0.910. The van der Waals surface area contributed by atoms with Crippen molar-refractivity contribution in [2.24, 2.45) is 0 Å². The minimum atomic E-state index is 0.231. The Balaban J connectivity index is 1.60. The largest absolute Gasteiger partial charge is 0.339 e. The molecule has 1 N–H and O–H groups in total. The van der Waals surface area contributed by atoms with Crippen molar-refractivity contribution in [3.63, 3.8) is 0 Å². The Kier molecular flexibility index (Phi) is 5.16. The summed E-state index contributed by atoms with van der Waals surface area (Å²) < 4.78 is 0. The smallest absolute Gasteiger partial charge is 0.236 e. The molecule has 4 nitrogen and oxygen atoms in total. The number of hydrogen-bond acceptors (Lipinski definition) is 4. The number of carbonyl (C=O) groups is 1. The summed E-state index contributed by atoms with van der Waals surface area (Å²) in [4.78, 5) is 17.5. The first-order chi connectivity index (χ1) is 8.75. The van der Waals surface area contributed by atoms with Gasteiger partial charge in [0.1, 0.15) is 0 Å². The van der Waals surface area contributed by atoms with Gasteiger partial charge in [0.15, 0.2) is 0 Å². The zero-order valence-electron chi connectivity index (χ0n) is 10.9. The maximum absolute atomic E-state index is 11.9. The van der Waals surface area contributed by atoms with Crippen molar-refractivity contribution in [3.05, 3.63) is 22.4 Å². The first-order valence-electron chi connectivity index (χ1n) is 6.45. The number of thiophene rings is 1. The fraction of sp³-hybridized carbons (Fsp3) is 0.615. The Morgan fingerprint density at radius 3 is 2.83 bits per heavy atom. The first kappa shape index (κ1) is 13.5. The van der Waals surface area contributed by atoms with Gasteiger partial charge in [0.25, 0.3) is 0 Å². The Bertz CT molecular complexity index is 358. The molecule has 2 heterocycles. The molecular weight excluding hydrogens is 246 g/mol. The minimum absolute atomic E-state index is 0.231. The van der Waals surface area contributed by atoms with E-state index in [1.54, 1.807) is 11.3 Å². The topological polar surface area (TPSA) is 35.6 Å². The Morgan fingerprint density at radius 1 is 1.39 bits per heavy atom. The number of nitrogens with zero attached hydrogens (tertiary/aromatic N) is 2. The number of likely N-dealkylation sites (N-methyl/N-ethyl adjacent to an activating group) is 1. The summed E-state index contributed by atoms with van der Waals surface area (Å²) >= 11 is 1.77. The lowest BCUT2D eigenvalue weighted by atomic mass is 10.3. The number of amides is 1. The van der Waals surface area contributed by atoms with Gasteiger partial charge in [-0.2, -0.15) is 0 Å². The third-order valence-electron chi connectivity index (χ3n) is 3.26. The quantitative estimate of drug-likeness (QED) is 0.796. The van der Waals surface area contributed by atoms with Crippen LogP contribution in [0.2, 0.25) is 0 Å². The van der Waals surface area contributed by atoms with Crippen LogP contribution in [0.15, 0.2) is 17.5 Å². The van der Waals surface area contributed by atoms with Crippen molar-refractivity contribution in [1.29, 1.82) is 0 Å². The van der Waals surface area contributed by atoms with Gasteiger partial charge >= 0.3 is 0 Å². The van der Waals surface area contributed by atoms with E-state index in [2.05, 4.69) is 34.8 Å². The molecule has 100 valence electrons. The van der Waals surface area contributed by atoms with Crippen molar-refractivity contribution in [1.82, 2.24) is 15.1 Å². The minimum Gasteiger partial charge on any atom is -0.339 e. The van der Waals surface area contributed by atoms with E-state index < -0.39 is 0 Å². The molecule has 0 bridgehead atoms. The van der Waals surface area contributed by atoms with Crippen LogP contribution in [-0.4, -0.2) is 62.0 Å². The van der Waals surface area contributed by atoms with Crippen LogP contribution in [0.4, 0.5) is 0 Å². The lowest BCUT2D eigenvalue weighted by Crippen LogP contribution is -2.49. The molecule has 18 heavy (non-hydrogen) atoms. The second-order valence-corrected chi connectivity index (χ2v) is 5.72. The van der Waals surface area contributed by atoms with Gasteiger partial charge in [0.05, 0.1) is 6.54 Å². The highest BCUT2D eigenvalue weighted by Crippen LogP contribution is 2.08. The van der Waals surface area contributed by atoms with Crippen LogP contribution in [0, 0.1) is 0 Å². The van der Waals surface area contributed by atoms with Gasteiger partial charge in [-0.1, -0.05) is 6.07 Å². The fourth-order valence-corrected chi connectivity index (χ4v) is 2.74. The summed E-state index contributed by atoms with van der Waals surface area (Å²) in [6, 6.07) is 4.20. The summed E-state index contributed by atoms with van der Waals surface area (Å²) in [6.07, 6.45) is 1.01. The maximum Gasteiger partial charge on any atom is 0.236 e. The second-order valence-electron chi connectivity index (χ2n) is 4.69. The van der Waals surface area contributed by atoms with Gasteiger partial charge in [0, 0.05) is 37.6 Å². The average molecular weight is 267 g/mol. The first-order valence-corrected chi connectivity index (χ1v) is 7.33. The predicted octanol–water partition coefficient (Wildman–Crippen LogP) is 0.654. The standard InChI is InChI=1S/C13H21N3OS/c1-15-6-8-16(9-7-15)13(17)11-14-5-4-12-3-2-10-18-12/h2-3,10,14H,4-9,11H2,1H3. The molecule has 1 amide bonds. The molecule has 0 saturated carbocycles. The van der Waals surface area contributed by atoms with Crippen molar-refractivity contribution in [2.45, 2.75) is 6.42 Å². The maximum atomic E-state index is 11.9. The van der Waals surface area contributed by atoms with E-state index in [0.717, 1.165) is 39.1 Å². The lowest BCUT2D eigenvalue weighted by molar-refractivity contribution is -0.131. The molecule has 1 aliphatic rings. The van der Waals surface area contributed by atoms with Gasteiger partial charge in [-0.15, -0.1) is 11.3 Å². The van der Waals surface area contributed by atoms with Gasteiger partial charge < -0.3 is 15.1 Å². The van der Waals surface area contributed by atoms with Crippen molar-refractivity contribution >= 4 is 17.2 Å². The fourth-order valence-electron chi connectivity index (χ4n) is 2.03. The lowest BCUT2D eigenvalue weighted by Gasteiger charge is -2.32. The van der Waals surface area contributed by atoms with E-state index in [9.17, 15) is 4.79 Å². The molecular formula is C13H21N3OS. The molecule has 1 aromatic rings. The van der Waals surface area contributed by atoms with Crippen LogP contribution < -0.4 is 5.32 Å². The monoisotopic (exact) mass is 267 g/mol. The van der Waals surface area contributed by atoms with Crippen LogP contribution >= 0.6 is 11.3 Å². The number of piperazine rings is 1. The summed E-state index contributed by atoms with van der Waals surface area (Å²) in [7, 11) is 2.10. The second kappa shape index (κ2) is 6.87. The highest BCUT2D eigenvalue weighted by atomic mass is 32.1. The summed E-state index contributed by atoms with van der Waals surface area (Å²) in [5.41, 5.74) is 0. The third-order valence-corrected chi connectivity index (χ3v) is 4.20. The molecule has 1 saturated heterocycles. The van der Waals surface area contributed by atoms with Crippen molar-refractivity contribution in [2.75, 3.05) is 46.3 Å². The highest BCUT2D eigenvalue weighted by molar-refractivity contribution is 7.09. The third kappa shape index (κ3) is 4.08. The van der Waals surface area contributed by atoms with E-state index in [1.807, 2.05) is 4.90 Å². The van der Waals surface area contributed by atoms with Crippen molar-refractivity contribution < 1.29 is 4.79 Å². The molecule has 0 spiro atoms. The molecule has 1 aliphatic heterocycles. The predicted molar refractivity (Wildman–Crippen MR) is 75.0 cm³/mol. The van der Waals surface area contributed by atoms with Crippen LogP contribution in [0.5, 0.6) is 0 Å². The zero-order chi connectivity index (χ0) is 12.8. The Labute approximate surface area is 113 Å². The molecule has 0 aliphatic carbocycles. The molecule has 5 heteroatoms. The van der Waals surface area contributed by atoms with Gasteiger partial charge in [-0.3, -0.25) is 4.79 Å². The molecule has 0 unspecified atom stereocenters. The van der Waals surface area contributed by atoms with Crippen LogP contribution in [0.1, 0.15) is 4.88 Å². The summed E-state index contributed by atoms with van der Waals surface area (Å²) in [5.74, 6) is 0.231. The van der Waals surface area contributed by atoms with E-state index in [1.165, 1.54) is 4.88 Å². The summed E-state index contributed by atoms with van der Waals surface area (Å²) in [5, 5.41) is 5.32. The van der Waals surface area contributed by atoms with E-state index in [-0.39, 0.29) is 5.91 Å². The van der Waals surface area contributed by atoms with Gasteiger partial charge in [-0.05, 0) is 24.9 Å². The highest BCUT2D eigenvalue weighted by Gasteiger charge is 2.18. The van der Waals surface area contributed by atoms with Crippen LogP contribution in [0.25, 0.3) is 0 Å². The van der Waals surface area contributed by atoms with E-state index >= 15 is 0 Å². The van der Waals surface area contributed by atoms with Gasteiger partial charge in [-0.25, -0.2) is 0 Å². The number of rotatable bonds is 5. The molecule has 0 radical (unpaired) electrons. The normalized spacial score (nSPS) is 17.1. The van der Waals surface area contributed by atoms with Crippen LogP contribution in [-0.2, 0) is 11.2 Å². The number of nitrogens with one attached hydrogen (secondary N) is 1. The van der Waals surface area contributed by atoms with E-state index in [0.29, 0.717) is 6.54 Å². The van der Waals surface area contributed by atoms with Crippen LogP contribution in [0.3, 0.4) is 0 Å². The molecule has 1 fully saturated rings. The zero-order valence-corrected chi connectivity index (χ0v) is 11.7. The molecule has 1 aromatic heterocycles. The molecule has 0 aromatic carbocycles. The number of hydrogen-bond donors (Lipinski definition) is 1. The SMILES string of the molecule is CN1CCN(C(=O)CNCCc2cccs2)CC1. The molecule has 0 atom stereocenters. The Morgan fingerprint density at radius 2 is 2.17 bits per heavy atom. The molecule has 2 rings (SSSR count). The van der Waals surface area contributed by atoms with Gasteiger partial charge in [0.2, 0.25) is 5.91 Å². The van der Waals surface area contributed by atoms with E-state index in [4.69, 9.17) is 0 Å². The average Bonchev–Trinajstić information content (AvgIpc) is 2.88. The number of carbonyl (C=O) groups excluding carboxylic acids is 1. The summed E-state index contributed by atoms with van der Waals surface area (Å²) in [6.45, 7) is 5.04.